The van der Waals surface area contributed by atoms with Gasteiger partial charge in [0.05, 0.1) is 12.1 Å². The summed E-state index contributed by atoms with van der Waals surface area (Å²) in [6.07, 6.45) is 1.09. The van der Waals surface area contributed by atoms with Crippen molar-refractivity contribution in [3.05, 3.63) is 41.2 Å². The van der Waals surface area contributed by atoms with Gasteiger partial charge >= 0.3 is 12.1 Å². The number of primary amides is 1. The molecule has 0 fully saturated rings. The molecule has 4 N–H and O–H groups in total. The van der Waals surface area contributed by atoms with Crippen molar-refractivity contribution < 1.29 is 28.6 Å². The standard InChI is InChI=1S/C13H13FN2O5/c14-10-7-8(2-4-11(17)18)1-3-9(10)12(19)16-5-6-21-13(15)20/h1-4,7H,5-6H2,(H2,15,20)(H,16,19)(H,17,18)/b4-2+. The Labute approximate surface area is 119 Å². The third kappa shape index (κ3) is 5.72. The first-order valence-electron chi connectivity index (χ1n) is 5.81. The smallest absolute Gasteiger partial charge is 0.404 e. The summed E-state index contributed by atoms with van der Waals surface area (Å²) in [6, 6.07) is 3.66. The minimum absolute atomic E-state index is 0.0120. The fraction of sp³-hybridized carbons (Fsp3) is 0.154. The Kier molecular flexibility index (Phi) is 5.87. The Morgan fingerprint density at radius 2 is 2.10 bits per heavy atom. The van der Waals surface area contributed by atoms with Gasteiger partial charge in [-0.2, -0.15) is 0 Å². The number of carboxylic acid groups (broad SMARTS) is 1. The van der Waals surface area contributed by atoms with Gasteiger partial charge in [-0.3, -0.25) is 4.79 Å². The minimum atomic E-state index is -1.16. The Morgan fingerprint density at radius 1 is 1.38 bits per heavy atom. The van der Waals surface area contributed by atoms with Crippen LogP contribution in [0.2, 0.25) is 0 Å². The average Bonchev–Trinajstić information content (AvgIpc) is 2.41. The molecule has 2 amide bonds. The average molecular weight is 296 g/mol. The second-order valence-corrected chi connectivity index (χ2v) is 3.83. The summed E-state index contributed by atoms with van der Waals surface area (Å²) in [4.78, 5) is 32.3. The van der Waals surface area contributed by atoms with Crippen molar-refractivity contribution in [3.63, 3.8) is 0 Å². The molecule has 0 saturated carbocycles. The predicted octanol–water partition coefficient (Wildman–Crippen LogP) is 0.749. The van der Waals surface area contributed by atoms with Crippen LogP contribution in [0.1, 0.15) is 15.9 Å². The van der Waals surface area contributed by atoms with E-state index in [2.05, 4.69) is 10.1 Å². The highest BCUT2D eigenvalue weighted by Gasteiger charge is 2.11. The number of benzene rings is 1. The largest absolute Gasteiger partial charge is 0.478 e. The number of hydrogen-bond donors (Lipinski definition) is 3. The highest BCUT2D eigenvalue weighted by molar-refractivity contribution is 5.94. The number of aliphatic carboxylic acids is 1. The first-order chi connectivity index (χ1) is 9.90. The van der Waals surface area contributed by atoms with Crippen LogP contribution in [0.3, 0.4) is 0 Å². The quantitative estimate of drug-likeness (QED) is 0.528. The van der Waals surface area contributed by atoms with Gasteiger partial charge in [0, 0.05) is 6.08 Å². The molecule has 0 spiro atoms. The second-order valence-electron chi connectivity index (χ2n) is 3.83. The van der Waals surface area contributed by atoms with E-state index in [1.807, 2.05) is 0 Å². The Morgan fingerprint density at radius 3 is 2.67 bits per heavy atom. The van der Waals surface area contributed by atoms with E-state index < -0.39 is 23.8 Å². The van der Waals surface area contributed by atoms with Crippen LogP contribution in [-0.4, -0.2) is 36.2 Å². The van der Waals surface area contributed by atoms with Gasteiger partial charge in [0.25, 0.3) is 5.91 Å². The zero-order valence-electron chi connectivity index (χ0n) is 10.8. The number of nitrogens with two attached hydrogens (primary N) is 1. The summed E-state index contributed by atoms with van der Waals surface area (Å²) >= 11 is 0. The Hall–Kier alpha value is -2.90. The summed E-state index contributed by atoms with van der Waals surface area (Å²) in [7, 11) is 0. The summed E-state index contributed by atoms with van der Waals surface area (Å²) in [5.41, 5.74) is 4.83. The number of amides is 2. The van der Waals surface area contributed by atoms with E-state index in [0.717, 1.165) is 12.1 Å². The summed E-state index contributed by atoms with van der Waals surface area (Å²) in [5, 5.41) is 10.8. The number of carbonyl (C=O) groups is 3. The van der Waals surface area contributed by atoms with E-state index >= 15 is 0 Å². The van der Waals surface area contributed by atoms with E-state index in [4.69, 9.17) is 10.8 Å². The summed E-state index contributed by atoms with van der Waals surface area (Å²) < 4.78 is 18.1. The predicted molar refractivity (Wildman–Crippen MR) is 70.9 cm³/mol. The molecular weight excluding hydrogens is 283 g/mol. The lowest BCUT2D eigenvalue weighted by atomic mass is 10.1. The van der Waals surface area contributed by atoms with Gasteiger partial charge in [-0.15, -0.1) is 0 Å². The third-order valence-corrected chi connectivity index (χ3v) is 2.29. The molecule has 0 heterocycles. The molecule has 0 aliphatic rings. The van der Waals surface area contributed by atoms with Gasteiger partial charge in [-0.1, -0.05) is 6.07 Å². The van der Waals surface area contributed by atoms with Crippen molar-refractivity contribution in [2.75, 3.05) is 13.2 Å². The van der Waals surface area contributed by atoms with E-state index in [1.54, 1.807) is 0 Å². The van der Waals surface area contributed by atoms with Crippen molar-refractivity contribution in [2.24, 2.45) is 5.73 Å². The van der Waals surface area contributed by atoms with E-state index in [0.29, 0.717) is 5.56 Å². The van der Waals surface area contributed by atoms with Gasteiger partial charge < -0.3 is 20.9 Å². The fourth-order valence-electron chi connectivity index (χ4n) is 1.40. The maximum absolute atomic E-state index is 13.7. The Bertz CT molecular complexity index is 586. The van der Waals surface area contributed by atoms with Gasteiger partial charge in [0.2, 0.25) is 0 Å². The summed E-state index contributed by atoms with van der Waals surface area (Å²) in [5.74, 6) is -2.64. The van der Waals surface area contributed by atoms with Crippen molar-refractivity contribution in [2.45, 2.75) is 0 Å². The molecule has 0 unspecified atom stereocenters. The number of nitrogens with one attached hydrogen (secondary N) is 1. The van der Waals surface area contributed by atoms with Crippen LogP contribution >= 0.6 is 0 Å². The van der Waals surface area contributed by atoms with E-state index in [9.17, 15) is 18.8 Å². The summed E-state index contributed by atoms with van der Waals surface area (Å²) in [6.45, 7) is -0.135. The van der Waals surface area contributed by atoms with Gasteiger partial charge in [0.1, 0.15) is 12.4 Å². The number of rotatable bonds is 6. The maximum Gasteiger partial charge on any atom is 0.404 e. The lowest BCUT2D eigenvalue weighted by Gasteiger charge is -2.06. The van der Waals surface area contributed by atoms with Crippen molar-refractivity contribution >= 4 is 24.0 Å². The molecule has 0 atom stereocenters. The van der Waals surface area contributed by atoms with Gasteiger partial charge in [-0.25, -0.2) is 14.0 Å². The monoisotopic (exact) mass is 296 g/mol. The van der Waals surface area contributed by atoms with Crippen LogP contribution < -0.4 is 11.1 Å². The first-order valence-corrected chi connectivity index (χ1v) is 5.81. The molecule has 0 radical (unpaired) electrons. The Balaban J connectivity index is 2.64. The molecule has 112 valence electrons. The molecule has 1 aromatic carbocycles. The highest BCUT2D eigenvalue weighted by Crippen LogP contribution is 2.11. The molecule has 7 nitrogen and oxygen atoms in total. The number of hydrogen-bond acceptors (Lipinski definition) is 4. The number of carboxylic acids is 1. The lowest BCUT2D eigenvalue weighted by molar-refractivity contribution is -0.131. The van der Waals surface area contributed by atoms with Crippen molar-refractivity contribution in [1.29, 1.82) is 0 Å². The van der Waals surface area contributed by atoms with Crippen LogP contribution in [0.15, 0.2) is 24.3 Å². The molecule has 0 aliphatic carbocycles. The molecule has 0 aliphatic heterocycles. The van der Waals surface area contributed by atoms with Gasteiger partial charge in [0.15, 0.2) is 0 Å². The molecule has 0 aromatic heterocycles. The van der Waals surface area contributed by atoms with Crippen LogP contribution in [0.25, 0.3) is 6.08 Å². The van der Waals surface area contributed by atoms with Crippen LogP contribution in [0, 0.1) is 5.82 Å². The molecule has 1 aromatic rings. The van der Waals surface area contributed by atoms with E-state index in [-0.39, 0.29) is 18.7 Å². The van der Waals surface area contributed by atoms with Gasteiger partial charge in [-0.05, 0) is 23.8 Å². The van der Waals surface area contributed by atoms with Crippen LogP contribution in [0.5, 0.6) is 0 Å². The molecule has 0 saturated heterocycles. The maximum atomic E-state index is 13.7. The first kappa shape index (κ1) is 16.2. The molecular formula is C13H13FN2O5. The fourth-order valence-corrected chi connectivity index (χ4v) is 1.40. The van der Waals surface area contributed by atoms with E-state index in [1.165, 1.54) is 18.2 Å². The third-order valence-electron chi connectivity index (χ3n) is 2.29. The minimum Gasteiger partial charge on any atom is -0.478 e. The van der Waals surface area contributed by atoms with Crippen LogP contribution in [0.4, 0.5) is 9.18 Å². The second kappa shape index (κ2) is 7.63. The molecule has 21 heavy (non-hydrogen) atoms. The molecule has 1 rings (SSSR count). The normalized spacial score (nSPS) is 10.3. The molecule has 8 heteroatoms. The zero-order chi connectivity index (χ0) is 15.8. The number of ether oxygens (including phenoxy) is 1. The topological polar surface area (TPSA) is 119 Å². The number of halogens is 1. The molecule has 0 bridgehead atoms. The van der Waals surface area contributed by atoms with Crippen molar-refractivity contribution in [1.82, 2.24) is 5.32 Å². The lowest BCUT2D eigenvalue weighted by Crippen LogP contribution is -2.29. The SMILES string of the molecule is NC(=O)OCCNC(=O)c1ccc(/C=C/C(=O)O)cc1F. The zero-order valence-corrected chi connectivity index (χ0v) is 10.8. The number of carbonyl (C=O) groups excluding carboxylic acids is 2. The van der Waals surface area contributed by atoms with Crippen molar-refractivity contribution in [3.8, 4) is 0 Å². The van der Waals surface area contributed by atoms with Crippen LogP contribution in [-0.2, 0) is 9.53 Å². The highest BCUT2D eigenvalue weighted by atomic mass is 19.1.